The summed E-state index contributed by atoms with van der Waals surface area (Å²) in [6.45, 7) is 5.16. The molecule has 1 saturated carbocycles. The van der Waals surface area contributed by atoms with E-state index in [2.05, 4.69) is 18.9 Å². The number of nitrogens with zero attached hydrogens (tertiary/aromatic N) is 1. The summed E-state index contributed by atoms with van der Waals surface area (Å²) in [6.07, 6.45) is 2.99. The standard InChI is InChI=1S/C9H17N.CH4O.CH4/c1-7-3-4-8-5-10(2)6-9(7)8;1-2;/h7-9H,3-6H2,1-2H3;2H,1H3;1H4/t7-,8+,9?;;/m1../s1. The molecule has 0 spiro atoms. The molecule has 0 aromatic rings. The molecule has 2 rings (SSSR count). The summed E-state index contributed by atoms with van der Waals surface area (Å²) in [5.74, 6) is 3.11. The average Bonchev–Trinajstić information content (AvgIpc) is 2.58. The number of fused-ring (bicyclic) bond motifs is 1. The molecule has 1 aliphatic heterocycles. The molecule has 13 heavy (non-hydrogen) atoms. The van der Waals surface area contributed by atoms with Crippen molar-refractivity contribution in [2.45, 2.75) is 27.2 Å². The first-order valence-corrected chi connectivity index (χ1v) is 4.90. The molecule has 0 amide bonds. The summed E-state index contributed by atoms with van der Waals surface area (Å²) in [4.78, 5) is 2.49. The van der Waals surface area contributed by atoms with Gasteiger partial charge < -0.3 is 10.0 Å². The lowest BCUT2D eigenvalue weighted by Crippen LogP contribution is -2.16. The number of likely N-dealkylation sites (tertiary alicyclic amines) is 1. The fraction of sp³-hybridized carbons (Fsp3) is 1.00. The van der Waals surface area contributed by atoms with E-state index in [1.54, 1.807) is 0 Å². The Labute approximate surface area is 82.9 Å². The highest BCUT2D eigenvalue weighted by atomic mass is 16.2. The number of hydrogen-bond acceptors (Lipinski definition) is 2. The Balaban J connectivity index is 0.000000451. The van der Waals surface area contributed by atoms with Crippen molar-refractivity contribution in [3.63, 3.8) is 0 Å². The van der Waals surface area contributed by atoms with E-state index in [-0.39, 0.29) is 7.43 Å². The molecule has 0 aromatic carbocycles. The minimum Gasteiger partial charge on any atom is -0.400 e. The van der Waals surface area contributed by atoms with E-state index in [0.717, 1.165) is 24.9 Å². The Bertz CT molecular complexity index is 138. The van der Waals surface area contributed by atoms with Crippen molar-refractivity contribution in [3.05, 3.63) is 0 Å². The zero-order valence-corrected chi connectivity index (χ0v) is 8.45. The quantitative estimate of drug-likeness (QED) is 0.625. The fourth-order valence-electron chi connectivity index (χ4n) is 2.76. The molecule has 1 saturated heterocycles. The fourth-order valence-corrected chi connectivity index (χ4v) is 2.76. The van der Waals surface area contributed by atoms with Crippen LogP contribution in [0, 0.1) is 17.8 Å². The Morgan fingerprint density at radius 2 is 1.77 bits per heavy atom. The van der Waals surface area contributed by atoms with E-state index in [1.807, 2.05) is 0 Å². The topological polar surface area (TPSA) is 23.5 Å². The first-order chi connectivity index (χ1) is 5.77. The summed E-state index contributed by atoms with van der Waals surface area (Å²) in [5.41, 5.74) is 0. The van der Waals surface area contributed by atoms with Gasteiger partial charge in [0.1, 0.15) is 0 Å². The van der Waals surface area contributed by atoms with Gasteiger partial charge in [0, 0.05) is 20.2 Å². The molecule has 0 radical (unpaired) electrons. The van der Waals surface area contributed by atoms with Gasteiger partial charge in [-0.15, -0.1) is 0 Å². The van der Waals surface area contributed by atoms with E-state index in [9.17, 15) is 0 Å². The molecule has 0 bridgehead atoms. The molecular weight excluding hydrogens is 162 g/mol. The maximum Gasteiger partial charge on any atom is 0.0319 e. The van der Waals surface area contributed by atoms with Crippen LogP contribution in [0.5, 0.6) is 0 Å². The van der Waals surface area contributed by atoms with Crippen molar-refractivity contribution >= 4 is 0 Å². The SMILES string of the molecule is C.CO.C[C@@H]1CC[C@H]2CN(C)CC21. The normalized spacial score (nSPS) is 37.4. The molecular formula is C11H25NO. The average molecular weight is 187 g/mol. The van der Waals surface area contributed by atoms with Crippen LogP contribution in [-0.4, -0.2) is 37.3 Å². The Kier molecular flexibility index (Phi) is 5.57. The van der Waals surface area contributed by atoms with Crippen LogP contribution in [0.2, 0.25) is 0 Å². The zero-order chi connectivity index (χ0) is 9.14. The van der Waals surface area contributed by atoms with Gasteiger partial charge in [0.15, 0.2) is 0 Å². The molecule has 2 aliphatic rings. The van der Waals surface area contributed by atoms with Crippen molar-refractivity contribution in [1.29, 1.82) is 0 Å². The Morgan fingerprint density at radius 1 is 1.15 bits per heavy atom. The van der Waals surface area contributed by atoms with Gasteiger partial charge in [-0.05, 0) is 31.2 Å². The van der Waals surface area contributed by atoms with Crippen LogP contribution in [0.3, 0.4) is 0 Å². The second-order valence-electron chi connectivity index (χ2n) is 4.20. The van der Waals surface area contributed by atoms with Crippen LogP contribution in [0.4, 0.5) is 0 Å². The van der Waals surface area contributed by atoms with Crippen LogP contribution in [0.1, 0.15) is 27.2 Å². The van der Waals surface area contributed by atoms with Crippen LogP contribution >= 0.6 is 0 Å². The summed E-state index contributed by atoms with van der Waals surface area (Å²) >= 11 is 0. The number of hydrogen-bond donors (Lipinski definition) is 1. The highest BCUT2D eigenvalue weighted by Crippen LogP contribution is 2.41. The van der Waals surface area contributed by atoms with Gasteiger partial charge in [0.25, 0.3) is 0 Å². The third kappa shape index (κ3) is 2.68. The lowest BCUT2D eigenvalue weighted by atomic mass is 9.94. The van der Waals surface area contributed by atoms with Crippen molar-refractivity contribution in [2.75, 3.05) is 27.2 Å². The van der Waals surface area contributed by atoms with E-state index >= 15 is 0 Å². The van der Waals surface area contributed by atoms with Gasteiger partial charge in [-0.1, -0.05) is 20.8 Å². The van der Waals surface area contributed by atoms with Crippen molar-refractivity contribution < 1.29 is 5.11 Å². The van der Waals surface area contributed by atoms with E-state index in [1.165, 1.54) is 25.9 Å². The molecule has 2 heteroatoms. The summed E-state index contributed by atoms with van der Waals surface area (Å²) < 4.78 is 0. The third-order valence-electron chi connectivity index (χ3n) is 3.40. The minimum absolute atomic E-state index is 0. The van der Waals surface area contributed by atoms with E-state index < -0.39 is 0 Å². The van der Waals surface area contributed by atoms with Crippen LogP contribution < -0.4 is 0 Å². The predicted octanol–water partition coefficient (Wildman–Crippen LogP) is 1.84. The number of aliphatic hydroxyl groups is 1. The number of rotatable bonds is 0. The zero-order valence-electron chi connectivity index (χ0n) is 8.45. The summed E-state index contributed by atoms with van der Waals surface area (Å²) in [7, 11) is 3.26. The van der Waals surface area contributed by atoms with Gasteiger partial charge in [0.05, 0.1) is 0 Å². The monoisotopic (exact) mass is 187 g/mol. The van der Waals surface area contributed by atoms with Gasteiger partial charge in [0.2, 0.25) is 0 Å². The summed E-state index contributed by atoms with van der Waals surface area (Å²) in [6, 6.07) is 0. The third-order valence-corrected chi connectivity index (χ3v) is 3.40. The maximum atomic E-state index is 7.00. The van der Waals surface area contributed by atoms with Crippen LogP contribution in [0.15, 0.2) is 0 Å². The second kappa shape index (κ2) is 5.61. The van der Waals surface area contributed by atoms with Gasteiger partial charge in [-0.3, -0.25) is 0 Å². The molecule has 0 aromatic heterocycles. The van der Waals surface area contributed by atoms with Crippen molar-refractivity contribution in [2.24, 2.45) is 17.8 Å². The van der Waals surface area contributed by atoms with Crippen molar-refractivity contribution in [3.8, 4) is 0 Å². The van der Waals surface area contributed by atoms with E-state index in [4.69, 9.17) is 5.11 Å². The van der Waals surface area contributed by atoms with Gasteiger partial charge in [-0.2, -0.15) is 0 Å². The van der Waals surface area contributed by atoms with Gasteiger partial charge in [-0.25, -0.2) is 0 Å². The van der Waals surface area contributed by atoms with Crippen molar-refractivity contribution in [1.82, 2.24) is 4.90 Å². The minimum atomic E-state index is 0. The lowest BCUT2D eigenvalue weighted by Gasteiger charge is -2.12. The molecule has 1 unspecified atom stereocenters. The second-order valence-corrected chi connectivity index (χ2v) is 4.20. The maximum absolute atomic E-state index is 7.00. The summed E-state index contributed by atoms with van der Waals surface area (Å²) in [5, 5.41) is 7.00. The Hall–Kier alpha value is -0.0800. The number of aliphatic hydroxyl groups excluding tert-OH is 1. The Morgan fingerprint density at radius 3 is 2.31 bits per heavy atom. The highest BCUT2D eigenvalue weighted by Gasteiger charge is 2.38. The van der Waals surface area contributed by atoms with E-state index in [0.29, 0.717) is 0 Å². The first-order valence-electron chi connectivity index (χ1n) is 4.90. The highest BCUT2D eigenvalue weighted by molar-refractivity contribution is 4.90. The van der Waals surface area contributed by atoms with Crippen LogP contribution in [0.25, 0.3) is 0 Å². The molecule has 3 atom stereocenters. The van der Waals surface area contributed by atoms with Gasteiger partial charge >= 0.3 is 0 Å². The molecule has 80 valence electrons. The molecule has 2 nitrogen and oxygen atoms in total. The molecule has 1 aliphatic carbocycles. The molecule has 1 N–H and O–H groups in total. The molecule has 2 fully saturated rings. The largest absolute Gasteiger partial charge is 0.400 e. The smallest absolute Gasteiger partial charge is 0.0319 e. The molecule has 1 heterocycles. The lowest BCUT2D eigenvalue weighted by molar-refractivity contribution is 0.347. The first kappa shape index (κ1) is 12.9. The van der Waals surface area contributed by atoms with Crippen LogP contribution in [-0.2, 0) is 0 Å². The predicted molar refractivity (Wildman–Crippen MR) is 57.7 cm³/mol.